The third-order valence-corrected chi connectivity index (χ3v) is 8.17. The van der Waals surface area contributed by atoms with Crippen LogP contribution in [0.5, 0.6) is 0 Å². The Hall–Kier alpha value is -1.48. The monoisotopic (exact) mass is 437 g/mol. The quantitative estimate of drug-likeness (QED) is 0.591. The van der Waals surface area contributed by atoms with Crippen LogP contribution >= 0.6 is 0 Å². The van der Waals surface area contributed by atoms with Crippen molar-refractivity contribution in [2.45, 2.75) is 50.5 Å². The number of ether oxygens (including phenoxy) is 1. The average molecular weight is 438 g/mol. The maximum Gasteiger partial charge on any atom is 0.243 e. The van der Waals surface area contributed by atoms with Gasteiger partial charge in [-0.05, 0) is 37.0 Å². The van der Waals surface area contributed by atoms with Crippen molar-refractivity contribution in [1.82, 2.24) is 14.1 Å². The summed E-state index contributed by atoms with van der Waals surface area (Å²) < 4.78 is 32.3. The van der Waals surface area contributed by atoms with Crippen LogP contribution in [0.3, 0.4) is 0 Å². The zero-order valence-corrected chi connectivity index (χ0v) is 19.1. The van der Waals surface area contributed by atoms with Gasteiger partial charge in [0.05, 0.1) is 11.0 Å². The van der Waals surface area contributed by atoms with Gasteiger partial charge in [-0.1, -0.05) is 26.0 Å². The number of hydrogen-bond acceptors (Lipinski definition) is 5. The van der Waals surface area contributed by atoms with Crippen LogP contribution in [0.25, 0.3) is 0 Å². The van der Waals surface area contributed by atoms with Crippen LogP contribution in [0.15, 0.2) is 29.2 Å². The Morgan fingerprint density at radius 2 is 1.77 bits per heavy atom. The molecule has 0 spiro atoms. The summed E-state index contributed by atoms with van der Waals surface area (Å²) in [7, 11) is -3.44. The predicted octanol–water partition coefficient (Wildman–Crippen LogP) is 1.97. The highest BCUT2D eigenvalue weighted by atomic mass is 32.2. The van der Waals surface area contributed by atoms with E-state index in [0.29, 0.717) is 36.9 Å². The molecule has 1 aromatic carbocycles. The Labute approximate surface area is 181 Å². The van der Waals surface area contributed by atoms with Crippen molar-refractivity contribution in [2.24, 2.45) is 0 Å². The van der Waals surface area contributed by atoms with E-state index in [1.54, 1.807) is 12.1 Å². The number of amides is 1. The minimum atomic E-state index is -3.44. The summed E-state index contributed by atoms with van der Waals surface area (Å²) in [6.45, 7) is 9.79. The lowest BCUT2D eigenvalue weighted by atomic mass is 10.1. The van der Waals surface area contributed by atoms with E-state index in [0.717, 1.165) is 57.7 Å². The standard InChI is InChI=1S/C22H35N3O4S/c1-3-25(4-2)30(27,28)21-10-7-19(8-11-21)9-12-22(26)24-15-13-23(14-16-24)18-20-6-5-17-29-20/h7-8,10-11,20H,3-6,9,12-18H2,1-2H3. The van der Waals surface area contributed by atoms with Crippen molar-refractivity contribution in [3.8, 4) is 0 Å². The van der Waals surface area contributed by atoms with Crippen LogP contribution in [0.4, 0.5) is 0 Å². The summed E-state index contributed by atoms with van der Waals surface area (Å²) >= 11 is 0. The summed E-state index contributed by atoms with van der Waals surface area (Å²) in [5.41, 5.74) is 0.985. The number of benzene rings is 1. The first-order valence-corrected chi connectivity index (χ1v) is 12.6. The van der Waals surface area contributed by atoms with Gasteiger partial charge in [-0.3, -0.25) is 9.69 Å². The summed E-state index contributed by atoms with van der Waals surface area (Å²) in [5.74, 6) is 0.173. The molecule has 0 saturated carbocycles. The molecule has 1 atom stereocenters. The molecule has 8 heteroatoms. The Kier molecular flexibility index (Phi) is 8.27. The van der Waals surface area contributed by atoms with E-state index in [1.807, 2.05) is 30.9 Å². The van der Waals surface area contributed by atoms with Crippen LogP contribution in [-0.2, 0) is 26.0 Å². The topological polar surface area (TPSA) is 70.2 Å². The zero-order valence-electron chi connectivity index (χ0n) is 18.3. The molecule has 0 N–H and O–H groups in total. The van der Waals surface area contributed by atoms with Crippen molar-refractivity contribution in [3.63, 3.8) is 0 Å². The maximum absolute atomic E-state index is 12.6. The van der Waals surface area contributed by atoms with Gasteiger partial charge in [0.2, 0.25) is 15.9 Å². The van der Waals surface area contributed by atoms with E-state index in [9.17, 15) is 13.2 Å². The third-order valence-electron chi connectivity index (χ3n) is 6.10. The normalized spacial score (nSPS) is 20.8. The van der Waals surface area contributed by atoms with Gasteiger partial charge in [-0.25, -0.2) is 8.42 Å². The molecule has 0 aromatic heterocycles. The van der Waals surface area contributed by atoms with Crippen molar-refractivity contribution >= 4 is 15.9 Å². The highest BCUT2D eigenvalue weighted by Crippen LogP contribution is 2.18. The first-order valence-electron chi connectivity index (χ1n) is 11.1. The van der Waals surface area contributed by atoms with E-state index in [2.05, 4.69) is 4.90 Å². The van der Waals surface area contributed by atoms with Gasteiger partial charge in [-0.2, -0.15) is 4.31 Å². The molecule has 3 rings (SSSR count). The van der Waals surface area contributed by atoms with Gasteiger partial charge in [0.1, 0.15) is 0 Å². The molecular formula is C22H35N3O4S. The Morgan fingerprint density at radius 3 is 2.33 bits per heavy atom. The number of aryl methyl sites for hydroxylation is 1. The van der Waals surface area contributed by atoms with Gasteiger partial charge in [0, 0.05) is 58.8 Å². The van der Waals surface area contributed by atoms with Crippen LogP contribution in [-0.4, -0.2) is 87.0 Å². The SMILES string of the molecule is CCN(CC)S(=O)(=O)c1ccc(CCC(=O)N2CCN(CC3CCCO3)CC2)cc1. The van der Waals surface area contributed by atoms with Crippen LogP contribution < -0.4 is 0 Å². The smallest absolute Gasteiger partial charge is 0.243 e. The third kappa shape index (κ3) is 5.81. The number of hydrogen-bond donors (Lipinski definition) is 0. The summed E-state index contributed by atoms with van der Waals surface area (Å²) in [4.78, 5) is 17.3. The molecule has 2 aliphatic heterocycles. The van der Waals surface area contributed by atoms with Crippen LogP contribution in [0.1, 0.15) is 38.7 Å². The second kappa shape index (κ2) is 10.7. The van der Waals surface area contributed by atoms with E-state index in [-0.39, 0.29) is 5.91 Å². The Bertz CT molecular complexity index is 779. The lowest BCUT2D eigenvalue weighted by molar-refractivity contribution is -0.133. The van der Waals surface area contributed by atoms with Gasteiger partial charge in [0.15, 0.2) is 0 Å². The molecule has 1 amide bonds. The second-order valence-electron chi connectivity index (χ2n) is 8.05. The minimum absolute atomic E-state index is 0.173. The molecule has 0 radical (unpaired) electrons. The fraction of sp³-hybridized carbons (Fsp3) is 0.682. The second-order valence-corrected chi connectivity index (χ2v) is 9.99. The number of carbonyl (C=O) groups is 1. The van der Waals surface area contributed by atoms with Crippen LogP contribution in [0.2, 0.25) is 0 Å². The molecule has 0 aliphatic carbocycles. The van der Waals surface area contributed by atoms with Crippen molar-refractivity contribution in [1.29, 1.82) is 0 Å². The van der Waals surface area contributed by atoms with Crippen molar-refractivity contribution in [2.75, 3.05) is 52.4 Å². The van der Waals surface area contributed by atoms with Gasteiger partial charge in [0.25, 0.3) is 0 Å². The van der Waals surface area contributed by atoms with Crippen molar-refractivity contribution in [3.05, 3.63) is 29.8 Å². The average Bonchev–Trinajstić information content (AvgIpc) is 3.26. The zero-order chi connectivity index (χ0) is 21.6. The van der Waals surface area contributed by atoms with E-state index >= 15 is 0 Å². The number of sulfonamides is 1. The number of piperazine rings is 1. The number of rotatable bonds is 9. The Morgan fingerprint density at radius 1 is 1.10 bits per heavy atom. The predicted molar refractivity (Wildman–Crippen MR) is 117 cm³/mol. The fourth-order valence-corrected chi connectivity index (χ4v) is 5.66. The first kappa shape index (κ1) is 23.2. The van der Waals surface area contributed by atoms with E-state index < -0.39 is 10.0 Å². The lowest BCUT2D eigenvalue weighted by Gasteiger charge is -2.35. The summed E-state index contributed by atoms with van der Waals surface area (Å²) in [6.07, 6.45) is 3.74. The highest BCUT2D eigenvalue weighted by molar-refractivity contribution is 7.89. The Balaban J connectivity index is 1.45. The van der Waals surface area contributed by atoms with Crippen molar-refractivity contribution < 1.29 is 17.9 Å². The minimum Gasteiger partial charge on any atom is -0.377 e. The van der Waals surface area contributed by atoms with Crippen LogP contribution in [0, 0.1) is 0 Å². The fourth-order valence-electron chi connectivity index (χ4n) is 4.21. The summed E-state index contributed by atoms with van der Waals surface area (Å²) in [5, 5.41) is 0. The molecule has 2 saturated heterocycles. The molecule has 168 valence electrons. The molecular weight excluding hydrogens is 402 g/mol. The number of nitrogens with zero attached hydrogens (tertiary/aromatic N) is 3. The maximum atomic E-state index is 12.6. The summed E-state index contributed by atoms with van der Waals surface area (Å²) in [6, 6.07) is 6.95. The molecule has 0 bridgehead atoms. The first-order chi connectivity index (χ1) is 14.4. The molecule has 7 nitrogen and oxygen atoms in total. The molecule has 1 unspecified atom stereocenters. The molecule has 30 heavy (non-hydrogen) atoms. The molecule has 2 aliphatic rings. The van der Waals surface area contributed by atoms with Gasteiger partial charge >= 0.3 is 0 Å². The molecule has 1 aromatic rings. The lowest BCUT2D eigenvalue weighted by Crippen LogP contribution is -2.50. The number of carbonyl (C=O) groups excluding carboxylic acids is 1. The molecule has 2 heterocycles. The van der Waals surface area contributed by atoms with E-state index in [4.69, 9.17) is 4.74 Å². The largest absolute Gasteiger partial charge is 0.377 e. The molecule has 2 fully saturated rings. The van der Waals surface area contributed by atoms with Gasteiger partial charge < -0.3 is 9.64 Å². The van der Waals surface area contributed by atoms with Gasteiger partial charge in [-0.15, -0.1) is 0 Å². The van der Waals surface area contributed by atoms with E-state index in [1.165, 1.54) is 4.31 Å². The highest BCUT2D eigenvalue weighted by Gasteiger charge is 2.25.